The largest absolute Gasteiger partial charge is 0.329 e. The summed E-state index contributed by atoms with van der Waals surface area (Å²) in [6.45, 7) is 2.37. The molecule has 2 unspecified atom stereocenters. The monoisotopic (exact) mass is 190 g/mol. The first-order chi connectivity index (χ1) is 6.77. The molecule has 0 fully saturated rings. The van der Waals surface area contributed by atoms with Gasteiger partial charge in [-0.1, -0.05) is 5.92 Å². The summed E-state index contributed by atoms with van der Waals surface area (Å²) in [5, 5.41) is 3.18. The highest BCUT2D eigenvalue weighted by molar-refractivity contribution is 5.08. The standard InChI is InChI=1S/C10H14N4/c1-3-8(2)14-10(6-11)9-4-5-12-7-13-9/h1,4-5,7-8,10,14H,6,11H2,2H3. The molecule has 0 bridgehead atoms. The van der Waals surface area contributed by atoms with E-state index in [0.29, 0.717) is 6.54 Å². The maximum absolute atomic E-state index is 5.62. The van der Waals surface area contributed by atoms with Crippen LogP contribution in [0.1, 0.15) is 18.7 Å². The van der Waals surface area contributed by atoms with Crippen molar-refractivity contribution in [3.8, 4) is 12.3 Å². The van der Waals surface area contributed by atoms with Crippen molar-refractivity contribution in [1.29, 1.82) is 0 Å². The molecule has 3 N–H and O–H groups in total. The van der Waals surface area contributed by atoms with Crippen molar-refractivity contribution in [1.82, 2.24) is 15.3 Å². The molecule has 74 valence electrons. The summed E-state index contributed by atoms with van der Waals surface area (Å²) in [5.74, 6) is 2.59. The van der Waals surface area contributed by atoms with E-state index in [-0.39, 0.29) is 12.1 Å². The van der Waals surface area contributed by atoms with Crippen LogP contribution in [-0.2, 0) is 0 Å². The van der Waals surface area contributed by atoms with Crippen molar-refractivity contribution in [3.63, 3.8) is 0 Å². The van der Waals surface area contributed by atoms with E-state index < -0.39 is 0 Å². The first-order valence-electron chi connectivity index (χ1n) is 4.46. The summed E-state index contributed by atoms with van der Waals surface area (Å²) >= 11 is 0. The molecule has 1 aromatic rings. The Morgan fingerprint density at radius 3 is 3.00 bits per heavy atom. The SMILES string of the molecule is C#CC(C)NC(CN)c1ccncn1. The number of terminal acetylenes is 1. The summed E-state index contributed by atoms with van der Waals surface area (Å²) < 4.78 is 0. The van der Waals surface area contributed by atoms with E-state index in [4.69, 9.17) is 12.2 Å². The van der Waals surface area contributed by atoms with Crippen LogP contribution < -0.4 is 11.1 Å². The molecule has 0 saturated carbocycles. The van der Waals surface area contributed by atoms with Gasteiger partial charge in [-0.05, 0) is 13.0 Å². The zero-order valence-electron chi connectivity index (χ0n) is 8.14. The number of nitrogens with one attached hydrogen (secondary N) is 1. The Labute approximate surface area is 83.9 Å². The minimum Gasteiger partial charge on any atom is -0.329 e. The molecule has 4 heteroatoms. The van der Waals surface area contributed by atoms with Gasteiger partial charge in [-0.25, -0.2) is 9.97 Å². The Hall–Kier alpha value is -1.44. The lowest BCUT2D eigenvalue weighted by atomic mass is 10.2. The highest BCUT2D eigenvalue weighted by Crippen LogP contribution is 2.07. The van der Waals surface area contributed by atoms with E-state index in [1.165, 1.54) is 6.33 Å². The van der Waals surface area contributed by atoms with Gasteiger partial charge in [-0.15, -0.1) is 6.42 Å². The predicted molar refractivity (Wildman–Crippen MR) is 55.3 cm³/mol. The number of nitrogens with zero attached hydrogens (tertiary/aromatic N) is 2. The van der Waals surface area contributed by atoms with Crippen LogP contribution in [0.3, 0.4) is 0 Å². The van der Waals surface area contributed by atoms with Crippen LogP contribution in [0.15, 0.2) is 18.6 Å². The van der Waals surface area contributed by atoms with Crippen molar-refractivity contribution >= 4 is 0 Å². The van der Waals surface area contributed by atoms with Gasteiger partial charge >= 0.3 is 0 Å². The van der Waals surface area contributed by atoms with Crippen LogP contribution >= 0.6 is 0 Å². The second-order valence-electron chi connectivity index (χ2n) is 2.98. The first-order valence-corrected chi connectivity index (χ1v) is 4.46. The van der Waals surface area contributed by atoms with Gasteiger partial charge in [0.1, 0.15) is 6.33 Å². The highest BCUT2D eigenvalue weighted by Gasteiger charge is 2.11. The van der Waals surface area contributed by atoms with E-state index in [0.717, 1.165) is 5.69 Å². The third-order valence-corrected chi connectivity index (χ3v) is 1.90. The second-order valence-corrected chi connectivity index (χ2v) is 2.98. The van der Waals surface area contributed by atoms with Crippen LogP contribution in [0, 0.1) is 12.3 Å². The Kier molecular flexibility index (Phi) is 4.05. The Morgan fingerprint density at radius 2 is 2.50 bits per heavy atom. The van der Waals surface area contributed by atoms with Gasteiger partial charge in [0.25, 0.3) is 0 Å². The molecule has 2 atom stereocenters. The highest BCUT2D eigenvalue weighted by atomic mass is 15.0. The van der Waals surface area contributed by atoms with Crippen molar-refractivity contribution in [2.75, 3.05) is 6.54 Å². The lowest BCUT2D eigenvalue weighted by molar-refractivity contribution is 0.506. The molecule has 0 saturated heterocycles. The number of aromatic nitrogens is 2. The fraction of sp³-hybridized carbons (Fsp3) is 0.400. The average Bonchev–Trinajstić information content (AvgIpc) is 2.26. The molecular weight excluding hydrogens is 176 g/mol. The lowest BCUT2D eigenvalue weighted by Gasteiger charge is -2.17. The molecule has 1 rings (SSSR count). The van der Waals surface area contributed by atoms with Crippen LogP contribution in [0.4, 0.5) is 0 Å². The number of hydrogen-bond acceptors (Lipinski definition) is 4. The molecule has 0 aliphatic rings. The third-order valence-electron chi connectivity index (χ3n) is 1.90. The zero-order valence-corrected chi connectivity index (χ0v) is 8.14. The normalized spacial score (nSPS) is 14.4. The van der Waals surface area contributed by atoms with Crippen LogP contribution in [0.25, 0.3) is 0 Å². The summed E-state index contributed by atoms with van der Waals surface area (Å²) in [6.07, 6.45) is 8.45. The van der Waals surface area contributed by atoms with Crippen LogP contribution in [-0.4, -0.2) is 22.6 Å². The number of nitrogens with two attached hydrogens (primary N) is 1. The molecule has 0 radical (unpaired) electrons. The number of hydrogen-bond donors (Lipinski definition) is 2. The molecule has 0 amide bonds. The van der Waals surface area contributed by atoms with E-state index in [9.17, 15) is 0 Å². The molecule has 0 spiro atoms. The molecule has 0 aromatic carbocycles. The molecular formula is C10H14N4. The van der Waals surface area contributed by atoms with E-state index in [1.54, 1.807) is 6.20 Å². The van der Waals surface area contributed by atoms with Crippen molar-refractivity contribution in [3.05, 3.63) is 24.3 Å². The summed E-state index contributed by atoms with van der Waals surface area (Å²) in [5.41, 5.74) is 6.48. The number of rotatable bonds is 4. The molecule has 14 heavy (non-hydrogen) atoms. The third kappa shape index (κ3) is 2.80. The van der Waals surface area contributed by atoms with Gasteiger partial charge < -0.3 is 5.73 Å². The second kappa shape index (κ2) is 5.32. The van der Waals surface area contributed by atoms with Gasteiger partial charge in [-0.3, -0.25) is 5.32 Å². The smallest absolute Gasteiger partial charge is 0.115 e. The van der Waals surface area contributed by atoms with Crippen molar-refractivity contribution in [2.24, 2.45) is 5.73 Å². The van der Waals surface area contributed by atoms with E-state index in [1.807, 2.05) is 13.0 Å². The van der Waals surface area contributed by atoms with Crippen LogP contribution in [0.2, 0.25) is 0 Å². The Morgan fingerprint density at radius 1 is 1.71 bits per heavy atom. The fourth-order valence-electron chi connectivity index (χ4n) is 1.13. The van der Waals surface area contributed by atoms with Gasteiger partial charge in [0.15, 0.2) is 0 Å². The van der Waals surface area contributed by atoms with E-state index in [2.05, 4.69) is 21.2 Å². The topological polar surface area (TPSA) is 63.8 Å². The molecule has 1 aromatic heterocycles. The van der Waals surface area contributed by atoms with Gasteiger partial charge in [0.05, 0.1) is 17.8 Å². The lowest BCUT2D eigenvalue weighted by Crippen LogP contribution is -2.34. The fourth-order valence-corrected chi connectivity index (χ4v) is 1.13. The van der Waals surface area contributed by atoms with Crippen molar-refractivity contribution in [2.45, 2.75) is 19.0 Å². The van der Waals surface area contributed by atoms with Gasteiger partial charge in [0, 0.05) is 12.7 Å². The average molecular weight is 190 g/mol. The maximum atomic E-state index is 5.62. The Bertz CT molecular complexity index is 304. The molecule has 4 nitrogen and oxygen atoms in total. The zero-order chi connectivity index (χ0) is 10.4. The van der Waals surface area contributed by atoms with Gasteiger partial charge in [-0.2, -0.15) is 0 Å². The summed E-state index contributed by atoms with van der Waals surface area (Å²) in [6, 6.07) is 1.80. The Balaban J connectivity index is 2.69. The first kappa shape index (κ1) is 10.6. The van der Waals surface area contributed by atoms with E-state index >= 15 is 0 Å². The molecule has 0 aliphatic heterocycles. The van der Waals surface area contributed by atoms with Crippen LogP contribution in [0.5, 0.6) is 0 Å². The minimum atomic E-state index is -0.0153. The summed E-state index contributed by atoms with van der Waals surface area (Å²) in [4.78, 5) is 7.96. The summed E-state index contributed by atoms with van der Waals surface area (Å²) in [7, 11) is 0. The van der Waals surface area contributed by atoms with Gasteiger partial charge in [0.2, 0.25) is 0 Å². The molecule has 0 aliphatic carbocycles. The van der Waals surface area contributed by atoms with Crippen molar-refractivity contribution < 1.29 is 0 Å². The maximum Gasteiger partial charge on any atom is 0.115 e. The minimum absolute atomic E-state index is 0.0101. The quantitative estimate of drug-likeness (QED) is 0.660. The molecule has 1 heterocycles. The predicted octanol–water partition coefficient (Wildman–Crippen LogP) is 0.0877.